The fraction of sp³-hybridized carbons (Fsp3) is 0.100. The van der Waals surface area contributed by atoms with Crippen molar-refractivity contribution < 1.29 is 17.7 Å². The van der Waals surface area contributed by atoms with Crippen molar-refractivity contribution in [3.63, 3.8) is 0 Å². The summed E-state index contributed by atoms with van der Waals surface area (Å²) in [6.45, 7) is 1.25. The average molecular weight is 300 g/mol. The first kappa shape index (κ1) is 13.9. The van der Waals surface area contributed by atoms with Crippen molar-refractivity contribution in [3.05, 3.63) is 46.0 Å². The van der Waals surface area contributed by atoms with Crippen LogP contribution in [-0.2, 0) is 10.0 Å². The maximum atomic E-state index is 13.5. The van der Waals surface area contributed by atoms with Crippen LogP contribution in [0.25, 0.3) is 0 Å². The second-order valence-electron chi connectivity index (χ2n) is 3.92. The summed E-state index contributed by atoms with van der Waals surface area (Å²) in [5.74, 6) is -1.06. The van der Waals surface area contributed by atoms with Crippen LogP contribution in [0.5, 0.6) is 0 Å². The number of hydrogen-bond donors (Lipinski definition) is 2. The number of aryl methyl sites for hydroxylation is 1. The Balaban J connectivity index is 2.49. The molecular formula is C10H9FN4O4S. The van der Waals surface area contributed by atoms with Gasteiger partial charge in [0.1, 0.15) is 0 Å². The number of H-pyrrole nitrogens is 1. The van der Waals surface area contributed by atoms with Gasteiger partial charge in [-0.15, -0.1) is 0 Å². The number of aromatic nitrogens is 2. The van der Waals surface area contributed by atoms with E-state index in [9.17, 15) is 22.9 Å². The number of nitrogens with one attached hydrogen (secondary N) is 2. The molecule has 0 amide bonds. The van der Waals surface area contributed by atoms with Gasteiger partial charge in [-0.25, -0.2) is 8.42 Å². The zero-order chi connectivity index (χ0) is 14.9. The molecule has 8 nitrogen and oxygen atoms in total. The zero-order valence-electron chi connectivity index (χ0n) is 10.1. The number of nitro benzene ring substituents is 1. The van der Waals surface area contributed by atoms with Crippen LogP contribution in [-0.4, -0.2) is 23.5 Å². The Labute approximate surface area is 112 Å². The Morgan fingerprint density at radius 1 is 1.45 bits per heavy atom. The standard InChI is InChI=1S/C10H9FN4O4S/c1-6-2-8(3-9(10(6)11)15(16)17)20(18,19)14-7-4-12-13-5-7/h2-5,14H,1H3,(H,12,13). The van der Waals surface area contributed by atoms with E-state index in [-0.39, 0.29) is 11.3 Å². The predicted octanol–water partition coefficient (Wildman–Crippen LogP) is 1.57. The van der Waals surface area contributed by atoms with Gasteiger partial charge in [0.05, 0.1) is 21.7 Å². The van der Waals surface area contributed by atoms with Gasteiger partial charge in [-0.2, -0.15) is 9.49 Å². The van der Waals surface area contributed by atoms with E-state index in [1.165, 1.54) is 19.3 Å². The molecule has 0 aliphatic rings. The zero-order valence-corrected chi connectivity index (χ0v) is 10.9. The molecular weight excluding hydrogens is 291 g/mol. The van der Waals surface area contributed by atoms with Crippen LogP contribution in [0.4, 0.5) is 15.8 Å². The number of aromatic amines is 1. The maximum absolute atomic E-state index is 13.5. The van der Waals surface area contributed by atoms with Gasteiger partial charge in [0.25, 0.3) is 10.0 Å². The third kappa shape index (κ3) is 2.59. The molecule has 10 heteroatoms. The van der Waals surface area contributed by atoms with E-state index in [1.54, 1.807) is 0 Å². The van der Waals surface area contributed by atoms with Gasteiger partial charge in [-0.05, 0) is 18.6 Å². The topological polar surface area (TPSA) is 118 Å². The van der Waals surface area contributed by atoms with Gasteiger partial charge >= 0.3 is 5.69 Å². The number of nitrogens with zero attached hydrogens (tertiary/aromatic N) is 2. The summed E-state index contributed by atoms with van der Waals surface area (Å²) in [6, 6.07) is 1.69. The van der Waals surface area contributed by atoms with Crippen LogP contribution < -0.4 is 4.72 Å². The molecule has 0 saturated carbocycles. The highest BCUT2D eigenvalue weighted by molar-refractivity contribution is 7.92. The maximum Gasteiger partial charge on any atom is 0.306 e. The van der Waals surface area contributed by atoms with Crippen LogP contribution >= 0.6 is 0 Å². The molecule has 0 saturated heterocycles. The minimum atomic E-state index is -4.06. The fourth-order valence-electron chi connectivity index (χ4n) is 1.53. The van der Waals surface area contributed by atoms with Crippen LogP contribution in [0.2, 0.25) is 0 Å². The molecule has 1 aromatic carbocycles. The number of hydrogen-bond acceptors (Lipinski definition) is 5. The first-order chi connectivity index (χ1) is 9.31. The van der Waals surface area contributed by atoms with Crippen LogP contribution in [0.15, 0.2) is 29.4 Å². The van der Waals surface area contributed by atoms with Crippen LogP contribution in [0.1, 0.15) is 5.56 Å². The number of benzene rings is 1. The van der Waals surface area contributed by atoms with Crippen molar-refractivity contribution in [1.82, 2.24) is 10.2 Å². The Bertz CT molecular complexity index is 758. The first-order valence-electron chi connectivity index (χ1n) is 5.27. The van der Waals surface area contributed by atoms with E-state index in [0.717, 1.165) is 6.07 Å². The number of sulfonamides is 1. The van der Waals surface area contributed by atoms with E-state index < -0.39 is 31.3 Å². The quantitative estimate of drug-likeness (QED) is 0.656. The van der Waals surface area contributed by atoms with Crippen molar-refractivity contribution in [2.24, 2.45) is 0 Å². The Morgan fingerprint density at radius 2 is 2.15 bits per heavy atom. The Hall–Kier alpha value is -2.49. The summed E-state index contributed by atoms with van der Waals surface area (Å²) in [5, 5.41) is 16.7. The molecule has 0 unspecified atom stereocenters. The molecule has 0 fully saturated rings. The molecule has 0 bridgehead atoms. The summed E-state index contributed by atoms with van der Waals surface area (Å²) in [6.07, 6.45) is 2.52. The summed E-state index contributed by atoms with van der Waals surface area (Å²) < 4.78 is 39.8. The number of anilines is 1. The number of rotatable bonds is 4. The van der Waals surface area contributed by atoms with Crippen molar-refractivity contribution in [3.8, 4) is 0 Å². The SMILES string of the molecule is Cc1cc(S(=O)(=O)Nc2cn[nH]c2)cc([N+](=O)[O-])c1F. The molecule has 1 heterocycles. The molecule has 0 radical (unpaired) electrons. The lowest BCUT2D eigenvalue weighted by Gasteiger charge is -2.07. The molecule has 2 N–H and O–H groups in total. The van der Waals surface area contributed by atoms with Crippen LogP contribution in [0, 0.1) is 22.9 Å². The summed E-state index contributed by atoms with van der Waals surface area (Å²) in [7, 11) is -4.06. The average Bonchev–Trinajstić information content (AvgIpc) is 2.83. The van der Waals surface area contributed by atoms with E-state index in [4.69, 9.17) is 0 Å². The largest absolute Gasteiger partial charge is 0.306 e. The van der Waals surface area contributed by atoms with E-state index in [2.05, 4.69) is 14.9 Å². The highest BCUT2D eigenvalue weighted by atomic mass is 32.2. The minimum Gasteiger partial charge on any atom is -0.284 e. The molecule has 0 aliphatic carbocycles. The van der Waals surface area contributed by atoms with Gasteiger partial charge in [0, 0.05) is 12.3 Å². The van der Waals surface area contributed by atoms with Gasteiger partial charge in [0.2, 0.25) is 5.82 Å². The molecule has 20 heavy (non-hydrogen) atoms. The predicted molar refractivity (Wildman–Crippen MR) is 67.2 cm³/mol. The lowest BCUT2D eigenvalue weighted by molar-refractivity contribution is -0.387. The van der Waals surface area contributed by atoms with Gasteiger partial charge < -0.3 is 0 Å². The molecule has 0 aliphatic heterocycles. The van der Waals surface area contributed by atoms with Gasteiger partial charge in [-0.3, -0.25) is 19.9 Å². The van der Waals surface area contributed by atoms with Crippen LogP contribution in [0.3, 0.4) is 0 Å². The third-order valence-corrected chi connectivity index (χ3v) is 3.83. The van der Waals surface area contributed by atoms with Gasteiger partial charge in [0.15, 0.2) is 0 Å². The normalized spacial score (nSPS) is 11.3. The molecule has 2 aromatic rings. The minimum absolute atomic E-state index is 0.133. The lowest BCUT2D eigenvalue weighted by atomic mass is 10.2. The molecule has 2 rings (SSSR count). The van der Waals surface area contributed by atoms with Crippen molar-refractivity contribution in [2.75, 3.05) is 4.72 Å². The van der Waals surface area contributed by atoms with Crippen molar-refractivity contribution in [2.45, 2.75) is 11.8 Å². The monoisotopic (exact) mass is 300 g/mol. The second kappa shape index (κ2) is 4.89. The van der Waals surface area contributed by atoms with E-state index in [1.807, 2.05) is 0 Å². The summed E-state index contributed by atoms with van der Waals surface area (Å²) in [4.78, 5) is 9.33. The highest BCUT2D eigenvalue weighted by Gasteiger charge is 2.24. The third-order valence-electron chi connectivity index (χ3n) is 2.47. The molecule has 0 spiro atoms. The Morgan fingerprint density at radius 3 is 2.70 bits per heavy atom. The Kier molecular flexibility index (Phi) is 3.40. The first-order valence-corrected chi connectivity index (χ1v) is 6.76. The summed E-state index contributed by atoms with van der Waals surface area (Å²) >= 11 is 0. The smallest absolute Gasteiger partial charge is 0.284 e. The number of halogens is 1. The lowest BCUT2D eigenvalue weighted by Crippen LogP contribution is -2.13. The van der Waals surface area contributed by atoms with E-state index >= 15 is 0 Å². The molecule has 0 atom stereocenters. The van der Waals surface area contributed by atoms with Gasteiger partial charge in [-0.1, -0.05) is 0 Å². The fourth-order valence-corrected chi connectivity index (χ4v) is 2.67. The highest BCUT2D eigenvalue weighted by Crippen LogP contribution is 2.26. The molecule has 106 valence electrons. The van der Waals surface area contributed by atoms with Crippen molar-refractivity contribution in [1.29, 1.82) is 0 Å². The summed E-state index contributed by atoms with van der Waals surface area (Å²) in [5.41, 5.74) is -0.862. The second-order valence-corrected chi connectivity index (χ2v) is 5.61. The molecule has 1 aromatic heterocycles. The van der Waals surface area contributed by atoms with Crippen molar-refractivity contribution >= 4 is 21.4 Å². The number of nitro groups is 1. The van der Waals surface area contributed by atoms with E-state index in [0.29, 0.717) is 6.07 Å².